The van der Waals surface area contributed by atoms with E-state index < -0.39 is 17.7 Å². The van der Waals surface area contributed by atoms with Crippen molar-refractivity contribution in [1.82, 2.24) is 24.8 Å². The van der Waals surface area contributed by atoms with Crippen LogP contribution in [0, 0.1) is 13.8 Å². The lowest BCUT2D eigenvalue weighted by molar-refractivity contribution is -0.139. The second-order valence-electron chi connectivity index (χ2n) is 12.5. The van der Waals surface area contributed by atoms with E-state index in [2.05, 4.69) is 41.6 Å². The van der Waals surface area contributed by atoms with Crippen LogP contribution in [0.2, 0.25) is 10.0 Å². The van der Waals surface area contributed by atoms with Gasteiger partial charge in [0.05, 0.1) is 24.8 Å². The van der Waals surface area contributed by atoms with Crippen LogP contribution in [0.1, 0.15) is 80.6 Å². The van der Waals surface area contributed by atoms with Gasteiger partial charge in [0.25, 0.3) is 0 Å². The molecule has 11 heteroatoms. The number of aryl methyl sites for hydroxylation is 2. The number of fused-ring (bicyclic) bond motifs is 1. The fourth-order valence-corrected chi connectivity index (χ4v) is 6.85. The average Bonchev–Trinajstić information content (AvgIpc) is 3.58. The molecule has 0 aliphatic carbocycles. The minimum Gasteiger partial charge on any atom is -0.444 e. The number of para-hydroxylation sites is 1. The van der Waals surface area contributed by atoms with E-state index in [4.69, 9.17) is 27.9 Å². The first-order valence-electron chi connectivity index (χ1n) is 14.8. The summed E-state index contributed by atoms with van der Waals surface area (Å²) in [6.45, 7) is 13.0. The maximum atomic E-state index is 14.3. The molecule has 1 saturated heterocycles. The van der Waals surface area contributed by atoms with E-state index in [1.165, 1.54) is 0 Å². The van der Waals surface area contributed by atoms with Gasteiger partial charge in [-0.15, -0.1) is 5.10 Å². The van der Waals surface area contributed by atoms with Crippen LogP contribution in [0.5, 0.6) is 0 Å². The Hall–Kier alpha value is -3.30. The minimum absolute atomic E-state index is 0.112. The average molecular weight is 628 g/mol. The Morgan fingerprint density at radius 2 is 1.84 bits per heavy atom. The van der Waals surface area contributed by atoms with Gasteiger partial charge in [-0.25, -0.2) is 9.48 Å². The van der Waals surface area contributed by atoms with E-state index in [9.17, 15) is 9.59 Å². The van der Waals surface area contributed by atoms with Crippen LogP contribution in [0.25, 0.3) is 0 Å². The summed E-state index contributed by atoms with van der Waals surface area (Å²) in [6.07, 6.45) is 3.10. The Morgan fingerprint density at radius 1 is 1.12 bits per heavy atom. The molecule has 230 valence electrons. The third-order valence-electron chi connectivity index (χ3n) is 8.25. The van der Waals surface area contributed by atoms with E-state index in [1.807, 2.05) is 50.9 Å². The smallest absolute Gasteiger partial charge is 0.411 e. The molecule has 3 heterocycles. The highest BCUT2D eigenvalue weighted by Crippen LogP contribution is 2.40. The molecule has 2 aliphatic rings. The Balaban J connectivity index is 1.38. The standard InChI is InChI=1S/C32H40Cl2N6O3/c1-7-27-25-13-21(33)14-26(34)24(25)11-12-38(27)30(41)28-15-23(18-39(28)31(42)43-32(4,5)6)40-17-22(36-37-40)16-35-29-19(2)9-8-10-20(29)3/h8-10,13-14,17,23,27-28,35H,7,11-12,15-16,18H2,1-6H3/t23?,27?,28-/m0/s1. The summed E-state index contributed by atoms with van der Waals surface area (Å²) < 4.78 is 7.53. The number of rotatable bonds is 6. The van der Waals surface area contributed by atoms with Gasteiger partial charge >= 0.3 is 6.09 Å². The molecule has 3 aromatic rings. The SMILES string of the molecule is CCC1c2cc(Cl)cc(Cl)c2CCN1C(=O)[C@@H]1CC(n2cc(CNc3c(C)cccc3C)nn2)CN1C(=O)OC(C)(C)C. The zero-order valence-electron chi connectivity index (χ0n) is 25.7. The fourth-order valence-electron chi connectivity index (χ4n) is 6.24. The van der Waals surface area contributed by atoms with Crippen LogP contribution in [0.15, 0.2) is 36.5 Å². The molecule has 1 fully saturated rings. The van der Waals surface area contributed by atoms with Crippen LogP contribution >= 0.6 is 23.2 Å². The molecule has 0 spiro atoms. The first kappa shape index (κ1) is 31.1. The van der Waals surface area contributed by atoms with Gasteiger partial charge < -0.3 is 15.0 Å². The number of likely N-dealkylation sites (tertiary alicyclic amines) is 1. The Morgan fingerprint density at radius 3 is 2.51 bits per heavy atom. The van der Waals surface area contributed by atoms with E-state index in [1.54, 1.807) is 15.6 Å². The summed E-state index contributed by atoms with van der Waals surface area (Å²) in [5, 5.41) is 13.4. The van der Waals surface area contributed by atoms with Gasteiger partial charge in [0, 0.05) is 35.2 Å². The van der Waals surface area contributed by atoms with Crippen molar-refractivity contribution in [1.29, 1.82) is 0 Å². The summed E-state index contributed by atoms with van der Waals surface area (Å²) in [5.41, 5.74) is 5.46. The number of carbonyl (C=O) groups excluding carboxylic acids is 2. The lowest BCUT2D eigenvalue weighted by atomic mass is 9.90. The van der Waals surface area contributed by atoms with Crippen LogP contribution in [-0.2, 0) is 22.5 Å². The molecule has 2 unspecified atom stereocenters. The number of amides is 2. The lowest BCUT2D eigenvalue weighted by Crippen LogP contribution is -2.51. The van der Waals surface area contributed by atoms with Crippen molar-refractivity contribution in [2.45, 2.75) is 91.1 Å². The molecule has 0 radical (unpaired) electrons. The van der Waals surface area contributed by atoms with E-state index in [-0.39, 0.29) is 24.5 Å². The number of anilines is 1. The van der Waals surface area contributed by atoms with E-state index in [0.717, 1.165) is 33.6 Å². The lowest BCUT2D eigenvalue weighted by Gasteiger charge is -2.40. The molecule has 2 aliphatic heterocycles. The highest BCUT2D eigenvalue weighted by Gasteiger charge is 2.46. The van der Waals surface area contributed by atoms with Gasteiger partial charge in [-0.1, -0.05) is 53.5 Å². The fraction of sp³-hybridized carbons (Fsp3) is 0.500. The minimum atomic E-state index is -0.703. The number of aromatic nitrogens is 3. The summed E-state index contributed by atoms with van der Waals surface area (Å²) >= 11 is 12.9. The maximum absolute atomic E-state index is 14.3. The van der Waals surface area contributed by atoms with Crippen molar-refractivity contribution in [3.8, 4) is 0 Å². The van der Waals surface area contributed by atoms with Crippen molar-refractivity contribution in [2.75, 3.05) is 18.4 Å². The number of ether oxygens (including phenoxy) is 1. The van der Waals surface area contributed by atoms with Gasteiger partial charge in [-0.05, 0) is 81.8 Å². The van der Waals surface area contributed by atoms with Crippen molar-refractivity contribution >= 4 is 40.9 Å². The van der Waals surface area contributed by atoms with Crippen molar-refractivity contribution in [2.24, 2.45) is 0 Å². The number of carbonyl (C=O) groups is 2. The number of halogens is 2. The van der Waals surface area contributed by atoms with Gasteiger partial charge in [0.1, 0.15) is 17.3 Å². The normalized spacial score (nSPS) is 20.2. The summed E-state index contributed by atoms with van der Waals surface area (Å²) in [7, 11) is 0. The molecule has 9 nitrogen and oxygen atoms in total. The number of benzene rings is 2. The second kappa shape index (κ2) is 12.4. The van der Waals surface area contributed by atoms with Gasteiger partial charge in [-0.2, -0.15) is 0 Å². The number of nitrogens with one attached hydrogen (secondary N) is 1. The number of nitrogens with zero attached hydrogens (tertiary/aromatic N) is 5. The Labute approximate surface area is 263 Å². The molecule has 2 amide bonds. The van der Waals surface area contributed by atoms with Gasteiger partial charge in [0.15, 0.2) is 0 Å². The third-order valence-corrected chi connectivity index (χ3v) is 8.81. The van der Waals surface area contributed by atoms with Gasteiger partial charge in [0.2, 0.25) is 5.91 Å². The van der Waals surface area contributed by atoms with Crippen LogP contribution < -0.4 is 5.32 Å². The van der Waals surface area contributed by atoms with Crippen molar-refractivity contribution < 1.29 is 14.3 Å². The Bertz CT molecular complexity index is 1500. The zero-order chi connectivity index (χ0) is 31.1. The topological polar surface area (TPSA) is 92.6 Å². The molecule has 0 saturated carbocycles. The monoisotopic (exact) mass is 626 g/mol. The molecule has 3 atom stereocenters. The zero-order valence-corrected chi connectivity index (χ0v) is 27.2. The maximum Gasteiger partial charge on any atom is 0.411 e. The summed E-state index contributed by atoms with van der Waals surface area (Å²) in [5.74, 6) is -0.112. The highest BCUT2D eigenvalue weighted by atomic mass is 35.5. The van der Waals surface area contributed by atoms with Crippen LogP contribution in [0.4, 0.5) is 10.5 Å². The largest absolute Gasteiger partial charge is 0.444 e. The van der Waals surface area contributed by atoms with Crippen LogP contribution in [-0.4, -0.2) is 61.5 Å². The number of hydrogen-bond donors (Lipinski definition) is 1. The molecular weight excluding hydrogens is 587 g/mol. The predicted octanol–water partition coefficient (Wildman–Crippen LogP) is 6.90. The molecule has 1 N–H and O–H groups in total. The van der Waals surface area contributed by atoms with E-state index >= 15 is 0 Å². The molecule has 1 aromatic heterocycles. The second-order valence-corrected chi connectivity index (χ2v) is 13.4. The molecule has 2 aromatic carbocycles. The van der Waals surface area contributed by atoms with E-state index in [0.29, 0.717) is 42.4 Å². The van der Waals surface area contributed by atoms with Gasteiger partial charge in [-0.3, -0.25) is 9.69 Å². The highest BCUT2D eigenvalue weighted by molar-refractivity contribution is 6.35. The van der Waals surface area contributed by atoms with Crippen LogP contribution in [0.3, 0.4) is 0 Å². The molecular formula is C32H40Cl2N6O3. The molecule has 43 heavy (non-hydrogen) atoms. The summed E-state index contributed by atoms with van der Waals surface area (Å²) in [4.78, 5) is 31.2. The molecule has 5 rings (SSSR count). The quantitative estimate of drug-likeness (QED) is 0.320. The van der Waals surface area contributed by atoms with Crippen molar-refractivity contribution in [3.63, 3.8) is 0 Å². The molecule has 0 bridgehead atoms. The third kappa shape index (κ3) is 6.63. The first-order valence-corrected chi connectivity index (χ1v) is 15.6. The summed E-state index contributed by atoms with van der Waals surface area (Å²) in [6, 6.07) is 8.71. The Kier molecular flexibility index (Phi) is 8.95. The first-order chi connectivity index (χ1) is 20.4. The predicted molar refractivity (Wildman–Crippen MR) is 169 cm³/mol. The number of hydrogen-bond acceptors (Lipinski definition) is 6. The van der Waals surface area contributed by atoms with Crippen molar-refractivity contribution in [3.05, 3.63) is 74.5 Å².